The minimum atomic E-state index is -0.391. The van der Waals surface area contributed by atoms with Crippen molar-refractivity contribution in [3.8, 4) is 11.3 Å². The van der Waals surface area contributed by atoms with Gasteiger partial charge in [-0.2, -0.15) is 0 Å². The summed E-state index contributed by atoms with van der Waals surface area (Å²) in [5.74, 6) is 0.862. The second-order valence-corrected chi connectivity index (χ2v) is 8.72. The van der Waals surface area contributed by atoms with Crippen LogP contribution in [-0.4, -0.2) is 16.0 Å². The van der Waals surface area contributed by atoms with E-state index in [1.165, 1.54) is 11.8 Å². The van der Waals surface area contributed by atoms with Crippen LogP contribution in [0.4, 0.5) is 11.4 Å². The molecule has 2 aromatic carbocycles. The van der Waals surface area contributed by atoms with Crippen molar-refractivity contribution in [1.82, 2.24) is 5.32 Å². The summed E-state index contributed by atoms with van der Waals surface area (Å²) in [6, 6.07) is 12.8. The Morgan fingerprint density at radius 2 is 1.81 bits per heavy atom. The van der Waals surface area contributed by atoms with Crippen LogP contribution in [0.5, 0.6) is 0 Å². The first-order chi connectivity index (χ1) is 15.2. The molecule has 8 heteroatoms. The van der Waals surface area contributed by atoms with Gasteiger partial charge in [0.25, 0.3) is 11.6 Å². The molecule has 0 aliphatic carbocycles. The molecule has 0 bridgehead atoms. The molecular formula is C24H21N3O4S. The van der Waals surface area contributed by atoms with Crippen LogP contribution in [0.1, 0.15) is 28.0 Å². The van der Waals surface area contributed by atoms with Gasteiger partial charge in [0.2, 0.25) is 0 Å². The average Bonchev–Trinajstić information content (AvgIpc) is 3.33. The second kappa shape index (κ2) is 8.47. The van der Waals surface area contributed by atoms with Crippen molar-refractivity contribution in [3.63, 3.8) is 0 Å². The predicted octanol–water partition coefficient (Wildman–Crippen LogP) is 5.98. The fraction of sp³-hybridized carbons (Fsp3) is 0.167. The molecule has 1 fully saturated rings. The van der Waals surface area contributed by atoms with Crippen molar-refractivity contribution in [2.45, 2.75) is 27.7 Å². The fourth-order valence-electron chi connectivity index (χ4n) is 3.40. The Hall–Kier alpha value is -3.65. The molecule has 0 spiro atoms. The van der Waals surface area contributed by atoms with Crippen molar-refractivity contribution >= 4 is 40.3 Å². The lowest BCUT2D eigenvalue weighted by atomic mass is 10.0. The largest absolute Gasteiger partial charge is 0.457 e. The van der Waals surface area contributed by atoms with Crippen molar-refractivity contribution in [1.29, 1.82) is 0 Å². The molecule has 1 aromatic heterocycles. The second-order valence-electron chi connectivity index (χ2n) is 7.68. The van der Waals surface area contributed by atoms with Crippen LogP contribution >= 0.6 is 11.8 Å². The Bertz CT molecular complexity index is 1320. The highest BCUT2D eigenvalue weighted by Gasteiger charge is 2.25. The van der Waals surface area contributed by atoms with Gasteiger partial charge in [0.15, 0.2) is 5.17 Å². The maximum absolute atomic E-state index is 12.4. The molecule has 1 saturated heterocycles. The molecule has 1 aliphatic heterocycles. The number of aliphatic imine (C=N–C) groups is 1. The number of rotatable bonds is 4. The van der Waals surface area contributed by atoms with E-state index in [0.717, 1.165) is 27.9 Å². The summed E-state index contributed by atoms with van der Waals surface area (Å²) in [7, 11) is 0. The van der Waals surface area contributed by atoms with Gasteiger partial charge >= 0.3 is 0 Å². The zero-order valence-electron chi connectivity index (χ0n) is 18.1. The van der Waals surface area contributed by atoms with Gasteiger partial charge in [-0.3, -0.25) is 14.9 Å². The Morgan fingerprint density at radius 3 is 2.56 bits per heavy atom. The number of nitro groups is 1. The summed E-state index contributed by atoms with van der Waals surface area (Å²) in [6.07, 6.45) is 1.67. The number of hydrogen-bond donors (Lipinski definition) is 1. The molecule has 0 atom stereocenters. The molecule has 0 radical (unpaired) electrons. The lowest BCUT2D eigenvalue weighted by Crippen LogP contribution is -2.19. The van der Waals surface area contributed by atoms with Gasteiger partial charge in [-0.15, -0.1) is 0 Å². The number of nitrogens with zero attached hydrogens (tertiary/aromatic N) is 2. The summed E-state index contributed by atoms with van der Waals surface area (Å²) < 4.78 is 5.93. The zero-order valence-corrected chi connectivity index (χ0v) is 18.9. The van der Waals surface area contributed by atoms with Gasteiger partial charge in [-0.25, -0.2) is 4.99 Å². The first kappa shape index (κ1) is 21.6. The van der Waals surface area contributed by atoms with E-state index >= 15 is 0 Å². The summed E-state index contributed by atoms with van der Waals surface area (Å²) in [5.41, 5.74) is 5.10. The van der Waals surface area contributed by atoms with Crippen LogP contribution in [0.2, 0.25) is 0 Å². The number of benzene rings is 2. The minimum Gasteiger partial charge on any atom is -0.457 e. The smallest absolute Gasteiger partial charge is 0.272 e. The number of furan rings is 1. The van der Waals surface area contributed by atoms with Crippen molar-refractivity contribution < 1.29 is 14.1 Å². The lowest BCUT2D eigenvalue weighted by molar-refractivity contribution is -0.385. The van der Waals surface area contributed by atoms with Crippen molar-refractivity contribution in [2.75, 3.05) is 0 Å². The molecule has 3 aromatic rings. The number of carbonyl (C=O) groups excluding carboxylic acids is 1. The van der Waals surface area contributed by atoms with Gasteiger partial charge in [0, 0.05) is 23.3 Å². The number of amides is 1. The number of nitro benzene ring substituents is 1. The number of aryl methyl sites for hydroxylation is 4. The van der Waals surface area contributed by atoms with Gasteiger partial charge in [0.05, 0.1) is 15.5 Å². The van der Waals surface area contributed by atoms with Gasteiger partial charge in [0.1, 0.15) is 11.5 Å². The highest BCUT2D eigenvalue weighted by Crippen LogP contribution is 2.33. The van der Waals surface area contributed by atoms with Crippen molar-refractivity contribution in [3.05, 3.63) is 85.5 Å². The van der Waals surface area contributed by atoms with E-state index < -0.39 is 4.92 Å². The normalized spacial score (nSPS) is 16.1. The SMILES string of the molecule is Cc1ccc(C)c(N=C2NC(=O)/C(=C/c3ccc(-c4cc(C)c([N+](=O)[O-])cc4C)o3)S2)c1. The summed E-state index contributed by atoms with van der Waals surface area (Å²) >= 11 is 1.25. The molecule has 32 heavy (non-hydrogen) atoms. The van der Waals surface area contributed by atoms with Gasteiger partial charge in [-0.05, 0) is 80.4 Å². The van der Waals surface area contributed by atoms with E-state index in [4.69, 9.17) is 4.42 Å². The predicted molar refractivity (Wildman–Crippen MR) is 127 cm³/mol. The Morgan fingerprint density at radius 1 is 1.03 bits per heavy atom. The maximum atomic E-state index is 12.4. The van der Waals surface area contributed by atoms with Crippen molar-refractivity contribution in [2.24, 2.45) is 4.99 Å². The van der Waals surface area contributed by atoms with E-state index in [-0.39, 0.29) is 11.6 Å². The third-order valence-electron chi connectivity index (χ3n) is 5.14. The summed E-state index contributed by atoms with van der Waals surface area (Å²) in [4.78, 5) is 28.2. The van der Waals surface area contributed by atoms with Crippen LogP contribution in [-0.2, 0) is 4.79 Å². The molecule has 162 valence electrons. The van der Waals surface area contributed by atoms with E-state index in [9.17, 15) is 14.9 Å². The van der Waals surface area contributed by atoms with Crippen LogP contribution in [0.3, 0.4) is 0 Å². The molecule has 0 saturated carbocycles. The van der Waals surface area contributed by atoms with Gasteiger partial charge in [-0.1, -0.05) is 12.1 Å². The Balaban J connectivity index is 1.59. The maximum Gasteiger partial charge on any atom is 0.272 e. The molecule has 1 aliphatic rings. The summed E-state index contributed by atoms with van der Waals surface area (Å²) in [5, 5.41) is 14.5. The Labute approximate surface area is 189 Å². The van der Waals surface area contributed by atoms with Crippen LogP contribution in [0, 0.1) is 37.8 Å². The van der Waals surface area contributed by atoms with E-state index in [2.05, 4.69) is 10.3 Å². The molecule has 0 unspecified atom stereocenters. The summed E-state index contributed by atoms with van der Waals surface area (Å²) in [6.45, 7) is 7.47. The Kier molecular flexibility index (Phi) is 5.71. The highest BCUT2D eigenvalue weighted by molar-refractivity contribution is 8.18. The number of carbonyl (C=O) groups is 1. The minimum absolute atomic E-state index is 0.0786. The average molecular weight is 448 g/mol. The number of nitrogens with one attached hydrogen (secondary N) is 1. The third-order valence-corrected chi connectivity index (χ3v) is 6.05. The molecular weight excluding hydrogens is 426 g/mol. The van der Waals surface area contributed by atoms with Crippen LogP contribution < -0.4 is 5.32 Å². The number of hydrogen-bond acceptors (Lipinski definition) is 6. The lowest BCUT2D eigenvalue weighted by Gasteiger charge is -2.05. The number of amidine groups is 1. The highest BCUT2D eigenvalue weighted by atomic mass is 32.2. The molecule has 4 rings (SSSR count). The fourth-order valence-corrected chi connectivity index (χ4v) is 4.21. The van der Waals surface area contributed by atoms with Gasteiger partial charge < -0.3 is 9.73 Å². The first-order valence-corrected chi connectivity index (χ1v) is 10.8. The topological polar surface area (TPSA) is 97.7 Å². The third kappa shape index (κ3) is 4.36. The molecule has 7 nitrogen and oxygen atoms in total. The quantitative estimate of drug-likeness (QED) is 0.301. The van der Waals surface area contributed by atoms with E-state index in [1.54, 1.807) is 44.2 Å². The van der Waals surface area contributed by atoms with E-state index in [0.29, 0.717) is 27.2 Å². The molecule has 1 amide bonds. The monoisotopic (exact) mass is 447 g/mol. The van der Waals surface area contributed by atoms with E-state index in [1.807, 2.05) is 32.0 Å². The zero-order chi connectivity index (χ0) is 23.0. The number of thioether (sulfide) groups is 1. The standard InChI is InChI=1S/C24H21N3O4S/c1-13-5-6-14(2)19(9-13)25-24-26-23(28)22(32-24)12-17-7-8-21(31-17)18-10-16(4)20(27(29)30)11-15(18)3/h5-12H,1-4H3,(H,25,26,28)/b22-12-. The molecule has 1 N–H and O–H groups in total. The van der Waals surface area contributed by atoms with Crippen LogP contribution in [0.15, 0.2) is 56.8 Å². The first-order valence-electron chi connectivity index (χ1n) is 9.94. The van der Waals surface area contributed by atoms with Crippen LogP contribution in [0.25, 0.3) is 17.4 Å². The molecule has 2 heterocycles.